The lowest BCUT2D eigenvalue weighted by Gasteiger charge is -2.26. The molecular weight excluding hydrogens is 444 g/mol. The van der Waals surface area contributed by atoms with Crippen LogP contribution in [0.4, 0.5) is 0 Å². The van der Waals surface area contributed by atoms with Crippen LogP contribution in [0.5, 0.6) is 0 Å². The summed E-state index contributed by atoms with van der Waals surface area (Å²) in [7, 11) is -3.86. The number of piperidine rings is 1. The second-order valence-corrected chi connectivity index (χ2v) is 9.57. The average Bonchev–Trinajstić information content (AvgIpc) is 3.03. The molecule has 10 heteroatoms. The first-order valence-electron chi connectivity index (χ1n) is 9.73. The van der Waals surface area contributed by atoms with Gasteiger partial charge in [0, 0.05) is 13.1 Å². The number of hydrogen-bond acceptors (Lipinski definition) is 6. The van der Waals surface area contributed by atoms with E-state index in [-0.39, 0.29) is 26.6 Å². The molecule has 0 aliphatic carbocycles. The van der Waals surface area contributed by atoms with E-state index in [1.807, 2.05) is 0 Å². The van der Waals surface area contributed by atoms with Crippen molar-refractivity contribution < 1.29 is 27.5 Å². The number of halogens is 1. The summed E-state index contributed by atoms with van der Waals surface area (Å²) in [6, 6.07) is 10.1. The molecule has 1 fully saturated rings. The molecule has 2 aromatic rings. The number of carbonyl (C=O) groups excluding carboxylic acids is 3. The van der Waals surface area contributed by atoms with Gasteiger partial charge in [0.1, 0.15) is 4.90 Å². The summed E-state index contributed by atoms with van der Waals surface area (Å²) in [6.07, 6.45) is 2.49. The van der Waals surface area contributed by atoms with Crippen LogP contribution in [-0.4, -0.2) is 55.2 Å². The van der Waals surface area contributed by atoms with Gasteiger partial charge in [-0.1, -0.05) is 30.2 Å². The number of rotatable bonds is 5. The Labute approximate surface area is 184 Å². The van der Waals surface area contributed by atoms with Gasteiger partial charge in [0.25, 0.3) is 11.8 Å². The maximum atomic E-state index is 13.0. The molecule has 162 valence electrons. The number of esters is 1. The van der Waals surface area contributed by atoms with Crippen molar-refractivity contribution in [3.05, 3.63) is 64.2 Å². The fourth-order valence-corrected chi connectivity index (χ4v) is 5.65. The number of benzene rings is 2. The van der Waals surface area contributed by atoms with E-state index in [1.165, 1.54) is 28.6 Å². The first-order chi connectivity index (χ1) is 14.8. The van der Waals surface area contributed by atoms with Crippen molar-refractivity contribution in [1.82, 2.24) is 9.21 Å². The Morgan fingerprint density at radius 1 is 0.968 bits per heavy atom. The Morgan fingerprint density at radius 3 is 2.19 bits per heavy atom. The molecular formula is C21H19ClN2O6S. The lowest BCUT2D eigenvalue weighted by molar-refractivity contribution is 0.0228. The third kappa shape index (κ3) is 3.96. The Hall–Kier alpha value is -2.75. The van der Waals surface area contributed by atoms with Gasteiger partial charge in [-0.25, -0.2) is 18.1 Å². The first-order valence-corrected chi connectivity index (χ1v) is 11.5. The van der Waals surface area contributed by atoms with Crippen molar-refractivity contribution in [2.45, 2.75) is 24.2 Å². The molecule has 2 heterocycles. The van der Waals surface area contributed by atoms with Crippen molar-refractivity contribution in [1.29, 1.82) is 0 Å². The largest absolute Gasteiger partial charge is 0.440 e. The quantitative estimate of drug-likeness (QED) is 0.500. The van der Waals surface area contributed by atoms with E-state index in [0.29, 0.717) is 13.1 Å². The zero-order valence-electron chi connectivity index (χ0n) is 16.4. The maximum absolute atomic E-state index is 13.0. The predicted octanol–water partition coefficient (Wildman–Crippen LogP) is 2.93. The minimum atomic E-state index is -3.86. The van der Waals surface area contributed by atoms with Gasteiger partial charge in [-0.15, -0.1) is 0 Å². The maximum Gasteiger partial charge on any atom is 0.339 e. The molecule has 31 heavy (non-hydrogen) atoms. The second kappa shape index (κ2) is 8.41. The molecule has 0 unspecified atom stereocenters. The van der Waals surface area contributed by atoms with Crippen LogP contribution in [0, 0.1) is 0 Å². The van der Waals surface area contributed by atoms with Crippen molar-refractivity contribution in [2.75, 3.05) is 19.8 Å². The lowest BCUT2D eigenvalue weighted by Crippen LogP contribution is -2.36. The Kier molecular flexibility index (Phi) is 5.83. The van der Waals surface area contributed by atoms with Gasteiger partial charge >= 0.3 is 5.97 Å². The molecule has 0 bridgehead atoms. The lowest BCUT2D eigenvalue weighted by atomic mass is 10.1. The third-order valence-corrected chi connectivity index (χ3v) is 7.68. The van der Waals surface area contributed by atoms with E-state index in [2.05, 4.69) is 0 Å². The topological polar surface area (TPSA) is 101 Å². The van der Waals surface area contributed by atoms with Crippen molar-refractivity contribution >= 4 is 39.4 Å². The number of nitrogens with zero attached hydrogens (tertiary/aromatic N) is 2. The van der Waals surface area contributed by atoms with Gasteiger partial charge in [0.05, 0.1) is 21.7 Å². The summed E-state index contributed by atoms with van der Waals surface area (Å²) < 4.78 is 32.4. The van der Waals surface area contributed by atoms with Crippen LogP contribution in [0.15, 0.2) is 47.4 Å². The minimum Gasteiger partial charge on any atom is -0.440 e. The smallest absolute Gasteiger partial charge is 0.339 e. The number of hydrogen-bond donors (Lipinski definition) is 0. The molecule has 1 saturated heterocycles. The fourth-order valence-electron chi connectivity index (χ4n) is 3.64. The summed E-state index contributed by atoms with van der Waals surface area (Å²) in [5.41, 5.74) is 0.437. The van der Waals surface area contributed by atoms with Crippen LogP contribution >= 0.6 is 11.6 Å². The fraction of sp³-hybridized carbons (Fsp3) is 0.286. The predicted molar refractivity (Wildman–Crippen MR) is 111 cm³/mol. The van der Waals surface area contributed by atoms with Gasteiger partial charge in [0.2, 0.25) is 10.0 Å². The van der Waals surface area contributed by atoms with E-state index in [4.69, 9.17) is 16.3 Å². The average molecular weight is 463 g/mol. The van der Waals surface area contributed by atoms with Gasteiger partial charge in [-0.2, -0.15) is 4.31 Å². The zero-order chi connectivity index (χ0) is 22.2. The standard InChI is InChI=1S/C21H19ClN2O6S/c22-17-9-8-14(12-18(17)31(28,29)23-10-4-1-5-11-23)21(27)30-13-24-19(25)15-6-2-3-7-16(15)20(24)26/h2-3,6-9,12H,1,4-5,10-11,13H2. The summed E-state index contributed by atoms with van der Waals surface area (Å²) in [6.45, 7) is 0.210. The molecule has 2 aromatic carbocycles. The number of imide groups is 1. The molecule has 4 rings (SSSR count). The molecule has 2 amide bonds. The van der Waals surface area contributed by atoms with E-state index in [1.54, 1.807) is 12.1 Å². The van der Waals surface area contributed by atoms with Gasteiger partial charge in [-0.05, 0) is 43.2 Å². The summed E-state index contributed by atoms with van der Waals surface area (Å²) >= 11 is 6.12. The van der Waals surface area contributed by atoms with Crippen molar-refractivity contribution in [3.8, 4) is 0 Å². The summed E-state index contributed by atoms with van der Waals surface area (Å²) in [5.74, 6) is -1.99. The third-order valence-electron chi connectivity index (χ3n) is 5.30. The highest BCUT2D eigenvalue weighted by Gasteiger charge is 2.36. The number of amides is 2. The molecule has 2 aliphatic heterocycles. The summed E-state index contributed by atoms with van der Waals surface area (Å²) in [5, 5.41) is 0.00229. The van der Waals surface area contributed by atoms with Gasteiger partial charge < -0.3 is 4.74 Å². The van der Waals surface area contributed by atoms with Gasteiger partial charge in [-0.3, -0.25) is 9.59 Å². The van der Waals surface area contributed by atoms with Crippen LogP contribution in [0.2, 0.25) is 5.02 Å². The molecule has 2 aliphatic rings. The highest BCUT2D eigenvalue weighted by molar-refractivity contribution is 7.89. The van der Waals surface area contributed by atoms with E-state index in [9.17, 15) is 22.8 Å². The zero-order valence-corrected chi connectivity index (χ0v) is 18.0. The van der Waals surface area contributed by atoms with Crippen molar-refractivity contribution in [2.24, 2.45) is 0 Å². The molecule has 0 N–H and O–H groups in total. The monoisotopic (exact) mass is 462 g/mol. The molecule has 0 atom stereocenters. The Bertz CT molecular complexity index is 1140. The molecule has 8 nitrogen and oxygen atoms in total. The van der Waals surface area contributed by atoms with Gasteiger partial charge in [0.15, 0.2) is 6.73 Å². The summed E-state index contributed by atoms with van der Waals surface area (Å²) in [4.78, 5) is 37.9. The van der Waals surface area contributed by atoms with E-state index >= 15 is 0 Å². The normalized spacial score (nSPS) is 17.0. The van der Waals surface area contributed by atoms with Crippen LogP contribution in [-0.2, 0) is 14.8 Å². The Morgan fingerprint density at radius 2 is 1.58 bits per heavy atom. The molecule has 0 spiro atoms. The van der Waals surface area contributed by atoms with E-state index < -0.39 is 34.5 Å². The van der Waals surface area contributed by atoms with Crippen LogP contribution < -0.4 is 0 Å². The molecule has 0 aromatic heterocycles. The minimum absolute atomic E-state index is 0.00229. The number of sulfonamides is 1. The molecule has 0 radical (unpaired) electrons. The highest BCUT2D eigenvalue weighted by atomic mass is 35.5. The Balaban J connectivity index is 1.51. The molecule has 0 saturated carbocycles. The number of ether oxygens (including phenoxy) is 1. The number of fused-ring (bicyclic) bond motifs is 1. The van der Waals surface area contributed by atoms with Crippen LogP contribution in [0.1, 0.15) is 50.3 Å². The van der Waals surface area contributed by atoms with Crippen LogP contribution in [0.25, 0.3) is 0 Å². The SMILES string of the molecule is O=C(OCN1C(=O)c2ccccc2C1=O)c1ccc(Cl)c(S(=O)(=O)N2CCCCC2)c1. The number of carbonyl (C=O) groups is 3. The first kappa shape index (κ1) is 21.5. The van der Waals surface area contributed by atoms with Crippen molar-refractivity contribution in [3.63, 3.8) is 0 Å². The van der Waals surface area contributed by atoms with E-state index in [0.717, 1.165) is 30.2 Å². The highest BCUT2D eigenvalue weighted by Crippen LogP contribution is 2.28. The second-order valence-electron chi connectivity index (χ2n) is 7.25. The van der Waals surface area contributed by atoms with Crippen LogP contribution in [0.3, 0.4) is 0 Å².